The maximum Gasteiger partial charge on any atom is 0.150 e. The van der Waals surface area contributed by atoms with E-state index in [1.807, 2.05) is 6.08 Å². The molecule has 112 valence electrons. The molecular weight excluding hydrogens is 298 g/mol. The minimum absolute atomic E-state index is 0.00840. The highest BCUT2D eigenvalue weighted by Crippen LogP contribution is 2.28. The highest BCUT2D eigenvalue weighted by atomic mass is 35.5. The van der Waals surface area contributed by atoms with E-state index in [1.165, 1.54) is 6.26 Å². The van der Waals surface area contributed by atoms with E-state index in [9.17, 15) is 8.42 Å². The third-order valence-corrected chi connectivity index (χ3v) is 3.70. The summed E-state index contributed by atoms with van der Waals surface area (Å²) in [5.41, 5.74) is 0.773. The largest absolute Gasteiger partial charge is 0.490 e. The average Bonchev–Trinajstić information content (AvgIpc) is 2.35. The SMILES string of the molecule is C=CCCCNc1cc(Cl)ccc1OCCS(C)(=O)=O. The third kappa shape index (κ3) is 6.82. The van der Waals surface area contributed by atoms with E-state index < -0.39 is 9.84 Å². The fourth-order valence-corrected chi connectivity index (χ4v) is 2.10. The lowest BCUT2D eigenvalue weighted by molar-refractivity contribution is 0.342. The van der Waals surface area contributed by atoms with Crippen LogP contribution in [0.2, 0.25) is 5.02 Å². The highest BCUT2D eigenvalue weighted by Gasteiger charge is 2.07. The summed E-state index contributed by atoms with van der Waals surface area (Å²) in [7, 11) is -3.02. The van der Waals surface area contributed by atoms with E-state index in [0.29, 0.717) is 10.8 Å². The van der Waals surface area contributed by atoms with Crippen LogP contribution in [0.1, 0.15) is 12.8 Å². The van der Waals surface area contributed by atoms with Crippen molar-refractivity contribution in [3.8, 4) is 5.75 Å². The normalized spacial score (nSPS) is 11.1. The van der Waals surface area contributed by atoms with Gasteiger partial charge in [0.25, 0.3) is 0 Å². The van der Waals surface area contributed by atoms with E-state index >= 15 is 0 Å². The molecule has 0 heterocycles. The van der Waals surface area contributed by atoms with Crippen LogP contribution in [-0.2, 0) is 9.84 Å². The van der Waals surface area contributed by atoms with Gasteiger partial charge in [-0.3, -0.25) is 0 Å². The van der Waals surface area contributed by atoms with Crippen molar-refractivity contribution in [1.82, 2.24) is 0 Å². The second-order valence-electron chi connectivity index (χ2n) is 4.48. The molecule has 0 aliphatic heterocycles. The Morgan fingerprint density at radius 1 is 1.45 bits per heavy atom. The lowest BCUT2D eigenvalue weighted by Gasteiger charge is -2.13. The molecule has 20 heavy (non-hydrogen) atoms. The number of allylic oxidation sites excluding steroid dienone is 1. The predicted octanol–water partition coefficient (Wildman–Crippen LogP) is 3.14. The van der Waals surface area contributed by atoms with Crippen molar-refractivity contribution in [2.45, 2.75) is 12.8 Å². The van der Waals surface area contributed by atoms with Crippen LogP contribution in [0, 0.1) is 0 Å². The fourth-order valence-electron chi connectivity index (χ4n) is 1.54. The first-order valence-electron chi connectivity index (χ1n) is 6.37. The Morgan fingerprint density at radius 2 is 2.20 bits per heavy atom. The number of hydrogen-bond donors (Lipinski definition) is 1. The molecule has 0 aliphatic carbocycles. The molecule has 0 saturated carbocycles. The molecule has 0 atom stereocenters. The Kier molecular flexibility index (Phi) is 6.88. The number of sulfone groups is 1. The molecule has 0 radical (unpaired) electrons. The third-order valence-electron chi connectivity index (χ3n) is 2.55. The first-order valence-corrected chi connectivity index (χ1v) is 8.81. The summed E-state index contributed by atoms with van der Waals surface area (Å²) in [4.78, 5) is 0. The van der Waals surface area contributed by atoms with Crippen LogP contribution >= 0.6 is 11.6 Å². The molecule has 0 bridgehead atoms. The molecule has 1 rings (SSSR count). The van der Waals surface area contributed by atoms with E-state index in [2.05, 4.69) is 11.9 Å². The molecule has 0 amide bonds. The number of hydrogen-bond acceptors (Lipinski definition) is 4. The van der Waals surface area contributed by atoms with Gasteiger partial charge >= 0.3 is 0 Å². The van der Waals surface area contributed by atoms with Crippen molar-refractivity contribution in [1.29, 1.82) is 0 Å². The smallest absolute Gasteiger partial charge is 0.150 e. The van der Waals surface area contributed by atoms with Gasteiger partial charge in [-0.15, -0.1) is 6.58 Å². The van der Waals surface area contributed by atoms with Crippen LogP contribution in [0.25, 0.3) is 0 Å². The Balaban J connectivity index is 2.62. The molecule has 0 aromatic heterocycles. The summed E-state index contributed by atoms with van der Waals surface area (Å²) in [6.07, 6.45) is 4.94. The standard InChI is InChI=1S/C14H20ClNO3S/c1-3-4-5-8-16-13-11-12(15)6-7-14(13)19-9-10-20(2,17)18/h3,6-7,11,16H,1,4-5,8-10H2,2H3. The summed E-state index contributed by atoms with van der Waals surface area (Å²) in [5.74, 6) is 0.600. The lowest BCUT2D eigenvalue weighted by Crippen LogP contribution is -2.13. The monoisotopic (exact) mass is 317 g/mol. The number of nitrogens with one attached hydrogen (secondary N) is 1. The molecule has 4 nitrogen and oxygen atoms in total. The minimum atomic E-state index is -3.02. The number of benzene rings is 1. The van der Waals surface area contributed by atoms with Crippen LogP contribution < -0.4 is 10.1 Å². The summed E-state index contributed by atoms with van der Waals surface area (Å²) in [6, 6.07) is 5.22. The van der Waals surface area contributed by atoms with Gasteiger partial charge in [-0.05, 0) is 31.0 Å². The number of rotatable bonds is 9. The maximum atomic E-state index is 11.1. The van der Waals surface area contributed by atoms with Gasteiger partial charge in [-0.25, -0.2) is 8.42 Å². The van der Waals surface area contributed by atoms with Gasteiger partial charge in [0.2, 0.25) is 0 Å². The predicted molar refractivity (Wildman–Crippen MR) is 84.6 cm³/mol. The molecule has 1 N–H and O–H groups in total. The quantitative estimate of drug-likeness (QED) is 0.561. The Bertz CT molecular complexity index is 543. The Labute approximate surface area is 125 Å². The van der Waals surface area contributed by atoms with Crippen LogP contribution in [0.4, 0.5) is 5.69 Å². The summed E-state index contributed by atoms with van der Waals surface area (Å²) < 4.78 is 27.7. The van der Waals surface area contributed by atoms with Gasteiger partial charge in [0, 0.05) is 17.8 Å². The van der Waals surface area contributed by atoms with Crippen molar-refractivity contribution < 1.29 is 13.2 Å². The number of anilines is 1. The first kappa shape index (κ1) is 16.9. The van der Waals surface area contributed by atoms with Crippen molar-refractivity contribution in [3.05, 3.63) is 35.9 Å². The molecule has 0 spiro atoms. The van der Waals surface area contributed by atoms with Crippen molar-refractivity contribution in [3.63, 3.8) is 0 Å². The molecule has 6 heteroatoms. The van der Waals surface area contributed by atoms with Gasteiger partial charge in [-0.2, -0.15) is 0 Å². The zero-order valence-electron chi connectivity index (χ0n) is 11.6. The molecule has 0 aliphatic rings. The second-order valence-corrected chi connectivity index (χ2v) is 7.17. The number of ether oxygens (including phenoxy) is 1. The molecule has 0 unspecified atom stereocenters. The van der Waals surface area contributed by atoms with Crippen LogP contribution in [0.5, 0.6) is 5.75 Å². The van der Waals surface area contributed by atoms with E-state index in [0.717, 1.165) is 25.1 Å². The average molecular weight is 318 g/mol. The number of halogens is 1. The van der Waals surface area contributed by atoms with Crippen LogP contribution in [0.3, 0.4) is 0 Å². The van der Waals surface area contributed by atoms with Gasteiger partial charge in [0.05, 0.1) is 11.4 Å². The van der Waals surface area contributed by atoms with Crippen molar-refractivity contribution in [2.24, 2.45) is 0 Å². The molecule has 0 fully saturated rings. The second kappa shape index (κ2) is 8.17. The molecule has 0 saturated heterocycles. The van der Waals surface area contributed by atoms with E-state index in [1.54, 1.807) is 18.2 Å². The van der Waals surface area contributed by atoms with E-state index in [-0.39, 0.29) is 12.4 Å². The lowest BCUT2D eigenvalue weighted by atomic mass is 10.2. The molecule has 1 aromatic carbocycles. The van der Waals surface area contributed by atoms with Crippen molar-refractivity contribution >= 4 is 27.1 Å². The van der Waals surface area contributed by atoms with Crippen molar-refractivity contribution in [2.75, 3.05) is 30.5 Å². The fraction of sp³-hybridized carbons (Fsp3) is 0.429. The number of unbranched alkanes of at least 4 members (excludes halogenated alkanes) is 1. The zero-order chi connectivity index (χ0) is 15.0. The topological polar surface area (TPSA) is 55.4 Å². The van der Waals surface area contributed by atoms with Gasteiger partial charge in [-0.1, -0.05) is 17.7 Å². The molecule has 1 aromatic rings. The van der Waals surface area contributed by atoms with Gasteiger partial charge < -0.3 is 10.1 Å². The highest BCUT2D eigenvalue weighted by molar-refractivity contribution is 7.90. The van der Waals surface area contributed by atoms with Crippen LogP contribution in [-0.4, -0.2) is 33.6 Å². The van der Waals surface area contributed by atoms with E-state index in [4.69, 9.17) is 16.3 Å². The Hall–Kier alpha value is -1.20. The maximum absolute atomic E-state index is 11.1. The first-order chi connectivity index (χ1) is 9.42. The Morgan fingerprint density at radius 3 is 2.85 bits per heavy atom. The molecular formula is C14H20ClNO3S. The van der Waals surface area contributed by atoms with Gasteiger partial charge in [0.15, 0.2) is 9.84 Å². The summed E-state index contributed by atoms with van der Waals surface area (Å²) in [6.45, 7) is 4.57. The van der Waals surface area contributed by atoms with Crippen LogP contribution in [0.15, 0.2) is 30.9 Å². The zero-order valence-corrected chi connectivity index (χ0v) is 13.1. The minimum Gasteiger partial charge on any atom is -0.490 e. The summed E-state index contributed by atoms with van der Waals surface area (Å²) >= 11 is 5.96. The van der Waals surface area contributed by atoms with Gasteiger partial charge in [0.1, 0.15) is 12.4 Å². The summed E-state index contributed by atoms with van der Waals surface area (Å²) in [5, 5.41) is 3.83.